The largest absolute Gasteiger partial charge is 0.396 e. The summed E-state index contributed by atoms with van der Waals surface area (Å²) in [5.41, 5.74) is 5.70. The quantitative estimate of drug-likeness (QED) is 0.829. The minimum absolute atomic E-state index is 0.00677. The van der Waals surface area contributed by atoms with Gasteiger partial charge in [-0.05, 0) is 52.3 Å². The zero-order chi connectivity index (χ0) is 14.0. The van der Waals surface area contributed by atoms with Gasteiger partial charge in [-0.2, -0.15) is 0 Å². The Kier molecular flexibility index (Phi) is 3.80. The van der Waals surface area contributed by atoms with Gasteiger partial charge in [-0.1, -0.05) is 0 Å². The molecule has 0 aliphatic rings. The zero-order valence-electron chi connectivity index (χ0n) is 9.58. The highest BCUT2D eigenvalue weighted by molar-refractivity contribution is 9.10. The third kappa shape index (κ3) is 3.08. The minimum Gasteiger partial charge on any atom is -0.396 e. The normalized spacial score (nSPS) is 10.3. The summed E-state index contributed by atoms with van der Waals surface area (Å²) in [5, 5.41) is 2.46. The number of amides is 1. The van der Waals surface area contributed by atoms with Crippen molar-refractivity contribution in [1.82, 2.24) is 0 Å². The molecule has 0 aliphatic heterocycles. The van der Waals surface area contributed by atoms with Gasteiger partial charge in [0.25, 0.3) is 5.91 Å². The van der Waals surface area contributed by atoms with E-state index in [1.807, 2.05) is 0 Å². The molecular formula is C13H9BrF2N2O. The van der Waals surface area contributed by atoms with Crippen molar-refractivity contribution in [3.8, 4) is 0 Å². The van der Waals surface area contributed by atoms with Crippen molar-refractivity contribution in [3.05, 3.63) is 58.1 Å². The van der Waals surface area contributed by atoms with Gasteiger partial charge in [-0.3, -0.25) is 4.79 Å². The van der Waals surface area contributed by atoms with E-state index in [1.54, 1.807) is 0 Å². The molecule has 0 spiro atoms. The van der Waals surface area contributed by atoms with Crippen molar-refractivity contribution in [2.24, 2.45) is 0 Å². The van der Waals surface area contributed by atoms with E-state index >= 15 is 0 Å². The van der Waals surface area contributed by atoms with Crippen molar-refractivity contribution in [3.63, 3.8) is 0 Å². The highest BCUT2D eigenvalue weighted by Gasteiger charge is 2.10. The molecule has 0 bridgehead atoms. The molecule has 0 atom stereocenters. The number of rotatable bonds is 2. The second kappa shape index (κ2) is 5.36. The number of nitrogen functional groups attached to an aromatic ring is 1. The van der Waals surface area contributed by atoms with E-state index in [9.17, 15) is 13.6 Å². The summed E-state index contributed by atoms with van der Waals surface area (Å²) in [6.45, 7) is 0. The molecule has 0 saturated carbocycles. The summed E-state index contributed by atoms with van der Waals surface area (Å²) < 4.78 is 26.8. The number of nitrogens with two attached hydrogens (primary N) is 1. The maximum Gasteiger partial charge on any atom is 0.255 e. The molecule has 0 unspecified atom stereocenters. The van der Waals surface area contributed by atoms with Crippen LogP contribution in [0.4, 0.5) is 20.2 Å². The monoisotopic (exact) mass is 326 g/mol. The van der Waals surface area contributed by atoms with Crippen molar-refractivity contribution >= 4 is 33.2 Å². The topological polar surface area (TPSA) is 55.1 Å². The van der Waals surface area contributed by atoms with E-state index in [1.165, 1.54) is 24.3 Å². The average Bonchev–Trinajstić information content (AvgIpc) is 2.37. The van der Waals surface area contributed by atoms with Crippen LogP contribution in [0.25, 0.3) is 0 Å². The van der Waals surface area contributed by atoms with Gasteiger partial charge in [-0.15, -0.1) is 0 Å². The van der Waals surface area contributed by atoms with E-state index < -0.39 is 17.5 Å². The van der Waals surface area contributed by atoms with Crippen molar-refractivity contribution in [1.29, 1.82) is 0 Å². The van der Waals surface area contributed by atoms with Crippen LogP contribution in [0.1, 0.15) is 10.4 Å². The number of hydrogen-bond acceptors (Lipinski definition) is 2. The molecule has 2 aromatic carbocycles. The number of hydrogen-bond donors (Lipinski definition) is 2. The highest BCUT2D eigenvalue weighted by Crippen LogP contribution is 2.19. The van der Waals surface area contributed by atoms with Gasteiger partial charge in [-0.25, -0.2) is 8.78 Å². The van der Waals surface area contributed by atoms with Gasteiger partial charge in [0.2, 0.25) is 0 Å². The van der Waals surface area contributed by atoms with Crippen molar-refractivity contribution < 1.29 is 13.6 Å². The molecule has 0 saturated heterocycles. The molecule has 3 N–H and O–H groups in total. The fraction of sp³-hybridized carbons (Fsp3) is 0. The summed E-state index contributed by atoms with van der Waals surface area (Å²) in [6.07, 6.45) is 0. The standard InChI is InChI=1S/C13H9BrF2N2O/c14-9-3-1-7(5-10(9)15)13(19)18-8-2-4-12(17)11(16)6-8/h1-6H,17H2,(H,18,19). The molecule has 0 aromatic heterocycles. The van der Waals surface area contributed by atoms with Crippen LogP contribution in [-0.2, 0) is 0 Å². The second-order valence-corrected chi connectivity index (χ2v) is 4.67. The second-order valence-electron chi connectivity index (χ2n) is 3.82. The third-order valence-electron chi connectivity index (χ3n) is 2.44. The van der Waals surface area contributed by atoms with Crippen LogP contribution in [0, 0.1) is 11.6 Å². The van der Waals surface area contributed by atoms with Crippen LogP contribution in [0.15, 0.2) is 40.9 Å². The van der Waals surface area contributed by atoms with E-state index in [0.29, 0.717) is 0 Å². The Hall–Kier alpha value is -1.95. The van der Waals surface area contributed by atoms with Crippen LogP contribution in [-0.4, -0.2) is 5.91 Å². The van der Waals surface area contributed by atoms with E-state index in [0.717, 1.165) is 12.1 Å². The lowest BCUT2D eigenvalue weighted by atomic mass is 10.2. The van der Waals surface area contributed by atoms with E-state index in [4.69, 9.17) is 5.73 Å². The molecule has 0 fully saturated rings. The van der Waals surface area contributed by atoms with Crippen LogP contribution < -0.4 is 11.1 Å². The molecule has 19 heavy (non-hydrogen) atoms. The average molecular weight is 327 g/mol. The SMILES string of the molecule is Nc1ccc(NC(=O)c2ccc(Br)c(F)c2)cc1F. The number of carbonyl (C=O) groups excluding carboxylic acids is 1. The van der Waals surface area contributed by atoms with Crippen LogP contribution in [0.3, 0.4) is 0 Å². The minimum atomic E-state index is -0.625. The first-order chi connectivity index (χ1) is 8.97. The molecule has 6 heteroatoms. The lowest BCUT2D eigenvalue weighted by Gasteiger charge is -2.07. The number of anilines is 2. The molecule has 0 aliphatic carbocycles. The van der Waals surface area contributed by atoms with Crippen LogP contribution >= 0.6 is 15.9 Å². The fourth-order valence-corrected chi connectivity index (χ4v) is 1.69. The Balaban J connectivity index is 2.20. The van der Waals surface area contributed by atoms with Crippen molar-refractivity contribution in [2.75, 3.05) is 11.1 Å². The number of nitrogens with one attached hydrogen (secondary N) is 1. The highest BCUT2D eigenvalue weighted by atomic mass is 79.9. The first-order valence-corrected chi connectivity index (χ1v) is 6.08. The molecule has 1 amide bonds. The summed E-state index contributed by atoms with van der Waals surface area (Å²) in [6, 6.07) is 7.87. The molecule has 0 radical (unpaired) electrons. The van der Waals surface area contributed by atoms with Gasteiger partial charge < -0.3 is 11.1 Å². The van der Waals surface area contributed by atoms with Gasteiger partial charge in [0, 0.05) is 11.3 Å². The number of carbonyl (C=O) groups is 1. The fourth-order valence-electron chi connectivity index (χ4n) is 1.45. The van der Waals surface area contributed by atoms with E-state index in [-0.39, 0.29) is 21.4 Å². The summed E-state index contributed by atoms with van der Waals surface area (Å²) in [7, 11) is 0. The Morgan fingerprint density at radius 2 is 1.84 bits per heavy atom. The Morgan fingerprint density at radius 3 is 2.47 bits per heavy atom. The van der Waals surface area contributed by atoms with Gasteiger partial charge in [0.05, 0.1) is 10.2 Å². The molecule has 0 heterocycles. The van der Waals surface area contributed by atoms with Gasteiger partial charge in [0.1, 0.15) is 11.6 Å². The molecule has 2 rings (SSSR count). The first kappa shape index (κ1) is 13.5. The number of halogens is 3. The summed E-state index contributed by atoms with van der Waals surface area (Å²) in [5.74, 6) is -1.70. The smallest absolute Gasteiger partial charge is 0.255 e. The Bertz CT molecular complexity index is 647. The summed E-state index contributed by atoms with van der Waals surface area (Å²) in [4.78, 5) is 11.8. The number of benzene rings is 2. The maximum absolute atomic E-state index is 13.3. The molecule has 3 nitrogen and oxygen atoms in total. The first-order valence-electron chi connectivity index (χ1n) is 5.29. The summed E-state index contributed by atoms with van der Waals surface area (Å²) >= 11 is 2.99. The van der Waals surface area contributed by atoms with Crippen LogP contribution in [0.5, 0.6) is 0 Å². The predicted molar refractivity (Wildman–Crippen MR) is 72.9 cm³/mol. The van der Waals surface area contributed by atoms with Gasteiger partial charge >= 0.3 is 0 Å². The van der Waals surface area contributed by atoms with Crippen LogP contribution in [0.2, 0.25) is 0 Å². The maximum atomic E-state index is 13.3. The third-order valence-corrected chi connectivity index (χ3v) is 3.08. The molecule has 98 valence electrons. The molecule has 2 aromatic rings. The predicted octanol–water partition coefficient (Wildman–Crippen LogP) is 3.56. The van der Waals surface area contributed by atoms with Crippen molar-refractivity contribution in [2.45, 2.75) is 0 Å². The van der Waals surface area contributed by atoms with E-state index in [2.05, 4.69) is 21.2 Å². The zero-order valence-corrected chi connectivity index (χ0v) is 11.2. The molecular weight excluding hydrogens is 318 g/mol. The van der Waals surface area contributed by atoms with Gasteiger partial charge in [0.15, 0.2) is 0 Å². The Labute approximate surface area is 116 Å². The lowest BCUT2D eigenvalue weighted by molar-refractivity contribution is 0.102. The lowest BCUT2D eigenvalue weighted by Crippen LogP contribution is -2.12. The Morgan fingerprint density at radius 1 is 1.11 bits per heavy atom.